The lowest BCUT2D eigenvalue weighted by atomic mass is 10.2. The zero-order chi connectivity index (χ0) is 14.3. The summed E-state index contributed by atoms with van der Waals surface area (Å²) in [6.45, 7) is 6.04. The Balaban J connectivity index is 2.35. The van der Waals surface area contributed by atoms with Crippen LogP contribution in [-0.4, -0.2) is 42.7 Å². The predicted molar refractivity (Wildman–Crippen MR) is 79.0 cm³/mol. The van der Waals surface area contributed by atoms with Crippen LogP contribution in [0.25, 0.3) is 0 Å². The maximum absolute atomic E-state index is 11.0. The molecule has 1 aromatic heterocycles. The molecular weight excluding hydrogens is 282 g/mol. The normalized spacial score (nSPS) is 12.0. The number of hydrogen-bond acceptors (Lipinski definition) is 6. The lowest BCUT2D eigenvalue weighted by Gasteiger charge is -2.07. The Morgan fingerprint density at radius 1 is 1.32 bits per heavy atom. The van der Waals surface area contributed by atoms with E-state index in [0.717, 1.165) is 18.7 Å². The summed E-state index contributed by atoms with van der Waals surface area (Å²) < 4.78 is 22.0. The SMILES string of the molecule is CC(C)CNCc1cnc(SCCS(C)(=O)=O)nc1. The monoisotopic (exact) mass is 303 g/mol. The zero-order valence-electron chi connectivity index (χ0n) is 11.6. The van der Waals surface area contributed by atoms with E-state index >= 15 is 0 Å². The van der Waals surface area contributed by atoms with Crippen molar-refractivity contribution < 1.29 is 8.42 Å². The highest BCUT2D eigenvalue weighted by atomic mass is 32.2. The third kappa shape index (κ3) is 8.18. The van der Waals surface area contributed by atoms with E-state index in [1.165, 1.54) is 18.0 Å². The first-order valence-electron chi connectivity index (χ1n) is 6.19. The van der Waals surface area contributed by atoms with Gasteiger partial charge in [0.05, 0.1) is 5.75 Å². The number of thioether (sulfide) groups is 1. The van der Waals surface area contributed by atoms with Gasteiger partial charge in [-0.25, -0.2) is 18.4 Å². The minimum atomic E-state index is -2.91. The van der Waals surface area contributed by atoms with Crippen molar-refractivity contribution in [2.75, 3.05) is 24.3 Å². The van der Waals surface area contributed by atoms with Gasteiger partial charge in [0.15, 0.2) is 5.16 Å². The van der Waals surface area contributed by atoms with Crippen LogP contribution < -0.4 is 5.32 Å². The molecule has 1 heterocycles. The van der Waals surface area contributed by atoms with Crippen molar-refractivity contribution >= 4 is 21.6 Å². The average molecular weight is 303 g/mol. The molecule has 1 aromatic rings. The third-order valence-electron chi connectivity index (χ3n) is 2.25. The number of nitrogens with one attached hydrogen (secondary N) is 1. The Labute approximate surface area is 119 Å². The van der Waals surface area contributed by atoms with Crippen molar-refractivity contribution in [1.29, 1.82) is 0 Å². The van der Waals surface area contributed by atoms with Gasteiger partial charge in [0.1, 0.15) is 9.84 Å². The van der Waals surface area contributed by atoms with Gasteiger partial charge >= 0.3 is 0 Å². The van der Waals surface area contributed by atoms with Crippen LogP contribution in [0.5, 0.6) is 0 Å². The summed E-state index contributed by atoms with van der Waals surface area (Å²) in [5.74, 6) is 1.26. The molecule has 108 valence electrons. The molecule has 0 spiro atoms. The van der Waals surface area contributed by atoms with Gasteiger partial charge in [0.25, 0.3) is 0 Å². The van der Waals surface area contributed by atoms with E-state index in [9.17, 15) is 8.42 Å². The molecule has 1 N–H and O–H groups in total. The molecule has 0 radical (unpaired) electrons. The Kier molecular flexibility index (Phi) is 6.74. The maximum atomic E-state index is 11.0. The second-order valence-corrected chi connectivity index (χ2v) is 8.20. The first-order valence-corrected chi connectivity index (χ1v) is 9.23. The Hall–Kier alpha value is -0.660. The van der Waals surface area contributed by atoms with Gasteiger partial charge in [-0.1, -0.05) is 25.6 Å². The minimum Gasteiger partial charge on any atom is -0.312 e. The number of rotatable bonds is 8. The highest BCUT2D eigenvalue weighted by Crippen LogP contribution is 2.12. The highest BCUT2D eigenvalue weighted by Gasteiger charge is 2.04. The topological polar surface area (TPSA) is 72.0 Å². The largest absolute Gasteiger partial charge is 0.312 e. The van der Waals surface area contributed by atoms with Crippen LogP contribution in [0, 0.1) is 5.92 Å². The van der Waals surface area contributed by atoms with Gasteiger partial charge in [0, 0.05) is 36.5 Å². The molecule has 1 rings (SSSR count). The molecule has 0 amide bonds. The molecule has 19 heavy (non-hydrogen) atoms. The average Bonchev–Trinajstić information content (AvgIpc) is 2.29. The Morgan fingerprint density at radius 3 is 2.47 bits per heavy atom. The Bertz CT molecular complexity index is 472. The highest BCUT2D eigenvalue weighted by molar-refractivity contribution is 8.00. The number of aromatic nitrogens is 2. The second kappa shape index (κ2) is 7.81. The first kappa shape index (κ1) is 16.4. The van der Waals surface area contributed by atoms with Crippen LogP contribution >= 0.6 is 11.8 Å². The molecule has 0 aromatic carbocycles. The van der Waals surface area contributed by atoms with Crippen molar-refractivity contribution in [3.63, 3.8) is 0 Å². The molecule has 0 aliphatic rings. The van der Waals surface area contributed by atoms with E-state index in [1.807, 2.05) is 0 Å². The van der Waals surface area contributed by atoms with E-state index in [4.69, 9.17) is 0 Å². The zero-order valence-corrected chi connectivity index (χ0v) is 13.2. The van der Waals surface area contributed by atoms with Crippen LogP contribution in [0.1, 0.15) is 19.4 Å². The molecule has 0 atom stereocenters. The van der Waals surface area contributed by atoms with E-state index in [-0.39, 0.29) is 5.75 Å². The number of sulfone groups is 1. The van der Waals surface area contributed by atoms with Gasteiger partial charge in [-0.3, -0.25) is 0 Å². The van der Waals surface area contributed by atoms with Crippen molar-refractivity contribution in [2.24, 2.45) is 5.92 Å². The van der Waals surface area contributed by atoms with Gasteiger partial charge in [-0.15, -0.1) is 0 Å². The smallest absolute Gasteiger partial charge is 0.187 e. The molecule has 0 bridgehead atoms. The van der Waals surface area contributed by atoms with Crippen LogP contribution in [0.3, 0.4) is 0 Å². The van der Waals surface area contributed by atoms with Crippen LogP contribution in [0.4, 0.5) is 0 Å². The van der Waals surface area contributed by atoms with E-state index < -0.39 is 9.84 Å². The van der Waals surface area contributed by atoms with Crippen LogP contribution in [0.2, 0.25) is 0 Å². The molecule has 7 heteroatoms. The number of hydrogen-bond donors (Lipinski definition) is 1. The quantitative estimate of drug-likeness (QED) is 0.577. The third-order valence-corrected chi connectivity index (χ3v) is 4.33. The molecular formula is C12H21N3O2S2. The minimum absolute atomic E-state index is 0.152. The summed E-state index contributed by atoms with van der Waals surface area (Å²) >= 11 is 1.36. The molecule has 5 nitrogen and oxygen atoms in total. The summed E-state index contributed by atoms with van der Waals surface area (Å²) in [5, 5.41) is 3.94. The standard InChI is InChI=1S/C12H21N3O2S2/c1-10(2)6-13-7-11-8-14-12(15-9-11)18-4-5-19(3,16)17/h8-10,13H,4-7H2,1-3H3. The van der Waals surface area contributed by atoms with Gasteiger partial charge in [0.2, 0.25) is 0 Å². The van der Waals surface area contributed by atoms with E-state index in [2.05, 4.69) is 29.1 Å². The molecule has 0 aliphatic carbocycles. The lowest BCUT2D eigenvalue weighted by molar-refractivity contribution is 0.550. The maximum Gasteiger partial charge on any atom is 0.187 e. The summed E-state index contributed by atoms with van der Waals surface area (Å²) in [7, 11) is -2.91. The van der Waals surface area contributed by atoms with Gasteiger partial charge < -0.3 is 5.32 Å². The fourth-order valence-corrected chi connectivity index (χ4v) is 3.28. The number of nitrogens with zero attached hydrogens (tertiary/aromatic N) is 2. The molecule has 0 aliphatic heterocycles. The molecule has 0 saturated heterocycles. The second-order valence-electron chi connectivity index (χ2n) is 4.88. The van der Waals surface area contributed by atoms with Gasteiger partial charge in [-0.2, -0.15) is 0 Å². The van der Waals surface area contributed by atoms with Gasteiger partial charge in [-0.05, 0) is 12.5 Å². The fraction of sp³-hybridized carbons (Fsp3) is 0.667. The summed E-state index contributed by atoms with van der Waals surface area (Å²) in [6, 6.07) is 0. The van der Waals surface area contributed by atoms with Crippen LogP contribution in [-0.2, 0) is 16.4 Å². The van der Waals surface area contributed by atoms with E-state index in [0.29, 0.717) is 16.8 Å². The van der Waals surface area contributed by atoms with Crippen LogP contribution in [0.15, 0.2) is 17.6 Å². The summed E-state index contributed by atoms with van der Waals surface area (Å²) in [4.78, 5) is 8.43. The Morgan fingerprint density at radius 2 is 1.95 bits per heavy atom. The molecule has 0 fully saturated rings. The van der Waals surface area contributed by atoms with Crippen molar-refractivity contribution in [1.82, 2.24) is 15.3 Å². The van der Waals surface area contributed by atoms with E-state index in [1.54, 1.807) is 12.4 Å². The molecule has 0 saturated carbocycles. The predicted octanol–water partition coefficient (Wildman–Crippen LogP) is 1.36. The fourth-order valence-electron chi connectivity index (χ4n) is 1.30. The first-order chi connectivity index (χ1) is 8.87. The van der Waals surface area contributed by atoms with Crippen molar-refractivity contribution in [3.8, 4) is 0 Å². The van der Waals surface area contributed by atoms with Crippen molar-refractivity contribution in [2.45, 2.75) is 25.5 Å². The lowest BCUT2D eigenvalue weighted by Crippen LogP contribution is -2.19. The summed E-state index contributed by atoms with van der Waals surface area (Å²) in [5.41, 5.74) is 1.04. The molecule has 0 unspecified atom stereocenters. The summed E-state index contributed by atoms with van der Waals surface area (Å²) in [6.07, 6.45) is 4.80. The van der Waals surface area contributed by atoms with Crippen molar-refractivity contribution in [3.05, 3.63) is 18.0 Å².